The second-order valence-corrected chi connectivity index (χ2v) is 7.72. The highest BCUT2D eigenvalue weighted by Crippen LogP contribution is 2.28. The van der Waals surface area contributed by atoms with E-state index in [2.05, 4.69) is 35.3 Å². The third-order valence-electron chi connectivity index (χ3n) is 4.99. The Morgan fingerprint density at radius 1 is 0.794 bits per heavy atom. The number of aromatic nitrogens is 1. The topological polar surface area (TPSA) is 71.8 Å². The Labute approximate surface area is 204 Å². The molecule has 0 fully saturated rings. The molecule has 0 spiro atoms. The molecular formula is C28H34NO4P. The molecule has 0 radical (unpaired) electrons. The van der Waals surface area contributed by atoms with E-state index in [4.69, 9.17) is 19.0 Å². The minimum Gasteiger partial charge on any atom is -0.497 e. The van der Waals surface area contributed by atoms with E-state index in [0.29, 0.717) is 0 Å². The molecule has 0 saturated heterocycles. The summed E-state index contributed by atoms with van der Waals surface area (Å²) in [6.07, 6.45) is 2.64. The highest BCUT2D eigenvalue weighted by Gasteiger charge is 2.07. The molecule has 180 valence electrons. The van der Waals surface area contributed by atoms with Crippen LogP contribution in [0.5, 0.6) is 5.75 Å². The largest absolute Gasteiger partial charge is 0.497 e. The standard InChI is InChI=1S/C24H22NO4P.2C2H6/c1-28-22-9-10-24-23(15-22)21(11-12-25-24)14-18-3-2-4-20(13-18)19-7-5-17(6-8-19)16-29-30(26)27;2*1-2/h2-13,15,26-27H,14,16H2,1H3;2*1-2H3. The van der Waals surface area contributed by atoms with Crippen molar-refractivity contribution in [2.75, 3.05) is 7.11 Å². The third-order valence-corrected chi connectivity index (χ3v) is 5.35. The lowest BCUT2D eigenvalue weighted by Gasteiger charge is -2.10. The van der Waals surface area contributed by atoms with Crippen LogP contribution in [-0.4, -0.2) is 21.9 Å². The molecule has 3 aromatic carbocycles. The van der Waals surface area contributed by atoms with Gasteiger partial charge in [0.25, 0.3) is 0 Å². The maximum Gasteiger partial charge on any atom is 0.327 e. The molecule has 2 N–H and O–H groups in total. The maximum atomic E-state index is 8.88. The van der Waals surface area contributed by atoms with Gasteiger partial charge in [0.2, 0.25) is 0 Å². The SMILES string of the molecule is CC.CC.COc1ccc2nccc(Cc3cccc(-c4ccc(COP(O)O)cc4)c3)c2c1. The van der Waals surface area contributed by atoms with Crippen LogP contribution in [0.4, 0.5) is 0 Å². The zero-order valence-corrected chi connectivity index (χ0v) is 21.4. The van der Waals surface area contributed by atoms with Crippen LogP contribution >= 0.6 is 8.60 Å². The molecule has 0 aliphatic heterocycles. The molecule has 4 rings (SSSR count). The first-order chi connectivity index (χ1) is 16.6. The summed E-state index contributed by atoms with van der Waals surface area (Å²) in [5.41, 5.74) is 6.48. The second-order valence-electron chi connectivity index (χ2n) is 6.95. The molecule has 0 aliphatic carbocycles. The number of hydrogen-bond donors (Lipinski definition) is 2. The summed E-state index contributed by atoms with van der Waals surface area (Å²) in [4.78, 5) is 22.2. The van der Waals surface area contributed by atoms with Crippen molar-refractivity contribution < 1.29 is 19.0 Å². The highest BCUT2D eigenvalue weighted by molar-refractivity contribution is 7.39. The molecule has 34 heavy (non-hydrogen) atoms. The van der Waals surface area contributed by atoms with Crippen molar-refractivity contribution in [3.05, 3.63) is 95.7 Å². The fraction of sp³-hybridized carbons (Fsp3) is 0.250. The average molecular weight is 480 g/mol. The lowest BCUT2D eigenvalue weighted by Crippen LogP contribution is -1.93. The van der Waals surface area contributed by atoms with Crippen molar-refractivity contribution in [3.8, 4) is 16.9 Å². The van der Waals surface area contributed by atoms with Gasteiger partial charge < -0.3 is 19.0 Å². The van der Waals surface area contributed by atoms with Gasteiger partial charge in [0.15, 0.2) is 0 Å². The highest BCUT2D eigenvalue weighted by atomic mass is 31.2. The summed E-state index contributed by atoms with van der Waals surface area (Å²) in [7, 11) is -0.661. The van der Waals surface area contributed by atoms with E-state index in [0.717, 1.165) is 39.8 Å². The first-order valence-electron chi connectivity index (χ1n) is 11.5. The average Bonchev–Trinajstić information content (AvgIpc) is 2.90. The monoisotopic (exact) mass is 479 g/mol. The van der Waals surface area contributed by atoms with E-state index < -0.39 is 8.60 Å². The van der Waals surface area contributed by atoms with Gasteiger partial charge in [-0.25, -0.2) is 0 Å². The van der Waals surface area contributed by atoms with Crippen molar-refractivity contribution in [3.63, 3.8) is 0 Å². The van der Waals surface area contributed by atoms with Gasteiger partial charge in [0, 0.05) is 11.6 Å². The number of fused-ring (bicyclic) bond motifs is 1. The molecule has 5 nitrogen and oxygen atoms in total. The predicted molar refractivity (Wildman–Crippen MR) is 142 cm³/mol. The molecule has 0 aliphatic rings. The number of rotatable bonds is 7. The zero-order chi connectivity index (χ0) is 24.9. The molecule has 6 heteroatoms. The quantitative estimate of drug-likeness (QED) is 0.273. The Kier molecular flexibility index (Phi) is 11.7. The van der Waals surface area contributed by atoms with Gasteiger partial charge in [-0.3, -0.25) is 4.98 Å². The van der Waals surface area contributed by atoms with Gasteiger partial charge in [-0.15, -0.1) is 0 Å². The Bertz CT molecular complexity index is 1150. The van der Waals surface area contributed by atoms with Crippen molar-refractivity contribution in [2.24, 2.45) is 0 Å². The van der Waals surface area contributed by atoms with E-state index >= 15 is 0 Å². The van der Waals surface area contributed by atoms with Crippen LogP contribution in [-0.2, 0) is 17.6 Å². The molecule has 1 aromatic heterocycles. The Morgan fingerprint density at radius 3 is 2.21 bits per heavy atom. The lowest BCUT2D eigenvalue weighted by molar-refractivity contribution is 0.246. The van der Waals surface area contributed by atoms with Gasteiger partial charge in [0.05, 0.1) is 19.2 Å². The van der Waals surface area contributed by atoms with Gasteiger partial charge >= 0.3 is 8.60 Å². The summed E-state index contributed by atoms with van der Waals surface area (Å²) >= 11 is 0. The number of pyridine rings is 1. The molecule has 0 unspecified atom stereocenters. The lowest BCUT2D eigenvalue weighted by atomic mass is 9.97. The Balaban J connectivity index is 0.000000970. The van der Waals surface area contributed by atoms with Gasteiger partial charge in [-0.2, -0.15) is 0 Å². The maximum absolute atomic E-state index is 8.88. The van der Waals surface area contributed by atoms with Crippen molar-refractivity contribution in [1.29, 1.82) is 0 Å². The van der Waals surface area contributed by atoms with Crippen molar-refractivity contribution in [1.82, 2.24) is 4.98 Å². The Morgan fingerprint density at radius 2 is 1.53 bits per heavy atom. The third kappa shape index (κ3) is 7.61. The number of hydrogen-bond acceptors (Lipinski definition) is 5. The van der Waals surface area contributed by atoms with Gasteiger partial charge in [-0.1, -0.05) is 76.2 Å². The fourth-order valence-electron chi connectivity index (χ4n) is 3.47. The first kappa shape index (κ1) is 27.4. The summed E-state index contributed by atoms with van der Waals surface area (Å²) in [6, 6.07) is 24.4. The van der Waals surface area contributed by atoms with Crippen LogP contribution in [0.2, 0.25) is 0 Å². The predicted octanol–water partition coefficient (Wildman–Crippen LogP) is 7.28. The van der Waals surface area contributed by atoms with Crippen LogP contribution < -0.4 is 4.74 Å². The zero-order valence-electron chi connectivity index (χ0n) is 20.5. The van der Waals surface area contributed by atoms with Gasteiger partial charge in [-0.05, 0) is 58.5 Å². The number of benzene rings is 3. The van der Waals surface area contributed by atoms with E-state index in [1.807, 2.05) is 76.4 Å². The smallest absolute Gasteiger partial charge is 0.327 e. The number of nitrogens with zero attached hydrogens (tertiary/aromatic N) is 1. The van der Waals surface area contributed by atoms with E-state index in [1.54, 1.807) is 7.11 Å². The fourth-order valence-corrected chi connectivity index (χ4v) is 3.73. The molecule has 0 saturated carbocycles. The Hall–Kier alpha value is -2.82. The van der Waals surface area contributed by atoms with Crippen LogP contribution in [0.3, 0.4) is 0 Å². The van der Waals surface area contributed by atoms with Crippen molar-refractivity contribution >= 4 is 19.5 Å². The molecule has 1 heterocycles. The second kappa shape index (κ2) is 14.4. The summed E-state index contributed by atoms with van der Waals surface area (Å²) < 4.78 is 10.3. The van der Waals surface area contributed by atoms with E-state index in [1.165, 1.54) is 11.1 Å². The number of methoxy groups -OCH3 is 1. The minimum atomic E-state index is -2.33. The van der Waals surface area contributed by atoms with Crippen molar-refractivity contribution in [2.45, 2.75) is 40.7 Å². The van der Waals surface area contributed by atoms with Crippen LogP contribution in [0.1, 0.15) is 44.4 Å². The molecule has 0 atom stereocenters. The summed E-state index contributed by atoms with van der Waals surface area (Å²) in [5.74, 6) is 0.824. The molecule has 0 amide bonds. The first-order valence-corrected chi connectivity index (χ1v) is 12.7. The molecule has 0 bridgehead atoms. The normalized spacial score (nSPS) is 10.2. The van der Waals surface area contributed by atoms with Crippen LogP contribution in [0.25, 0.3) is 22.0 Å². The van der Waals surface area contributed by atoms with E-state index in [9.17, 15) is 0 Å². The van der Waals surface area contributed by atoms with E-state index in [-0.39, 0.29) is 6.61 Å². The summed E-state index contributed by atoms with van der Waals surface area (Å²) in [6.45, 7) is 8.18. The van der Waals surface area contributed by atoms with Crippen LogP contribution in [0, 0.1) is 0 Å². The number of ether oxygens (including phenoxy) is 1. The van der Waals surface area contributed by atoms with Gasteiger partial charge in [0.1, 0.15) is 5.75 Å². The summed E-state index contributed by atoms with van der Waals surface area (Å²) in [5, 5.41) is 1.10. The van der Waals surface area contributed by atoms with Crippen LogP contribution in [0.15, 0.2) is 79.0 Å². The molecule has 4 aromatic rings. The molecular weight excluding hydrogens is 445 g/mol. The minimum absolute atomic E-state index is 0.178.